The minimum Gasteiger partial charge on any atom is -0.493 e. The molecule has 0 spiro atoms. The van der Waals surface area contributed by atoms with Gasteiger partial charge in [-0.05, 0) is 73.7 Å². The molecule has 3 N–H and O–H groups in total. The fourth-order valence-corrected chi connectivity index (χ4v) is 3.56. The van der Waals surface area contributed by atoms with Gasteiger partial charge in [0.05, 0.1) is 12.2 Å². The van der Waals surface area contributed by atoms with Crippen molar-refractivity contribution in [3.63, 3.8) is 0 Å². The maximum Gasteiger partial charge on any atom is 0.261 e. The first kappa shape index (κ1) is 23.7. The van der Waals surface area contributed by atoms with Crippen LogP contribution in [0.3, 0.4) is 0 Å². The summed E-state index contributed by atoms with van der Waals surface area (Å²) >= 11 is 14.6. The zero-order chi connectivity index (χ0) is 23.1. The molecule has 3 rings (SSSR count). The van der Waals surface area contributed by atoms with Gasteiger partial charge >= 0.3 is 0 Å². The normalized spacial score (nSPS) is 10.2. The lowest BCUT2D eigenvalue weighted by Gasteiger charge is -2.13. The zero-order valence-electron chi connectivity index (χ0n) is 16.9. The molecule has 0 aliphatic carbocycles. The SMILES string of the molecule is CCOc1ccc(Br)cc1C(=O)NC(=S)Nc1cccc(C(=O)Nc2cccc(Cl)c2)c1. The Bertz CT molecular complexity index is 1170. The van der Waals surface area contributed by atoms with Crippen LogP contribution in [0.1, 0.15) is 27.6 Å². The lowest BCUT2D eigenvalue weighted by molar-refractivity contribution is 0.0972. The second-order valence-electron chi connectivity index (χ2n) is 6.53. The van der Waals surface area contributed by atoms with E-state index in [1.807, 2.05) is 6.92 Å². The molecule has 164 valence electrons. The van der Waals surface area contributed by atoms with Crippen molar-refractivity contribution in [1.29, 1.82) is 0 Å². The quantitative estimate of drug-likeness (QED) is 0.346. The number of hydrogen-bond acceptors (Lipinski definition) is 4. The van der Waals surface area contributed by atoms with Crippen LogP contribution >= 0.6 is 39.7 Å². The van der Waals surface area contributed by atoms with Crippen molar-refractivity contribution in [2.24, 2.45) is 0 Å². The molecule has 2 amide bonds. The molecular weight excluding hydrogens is 514 g/mol. The third kappa shape index (κ3) is 6.53. The fraction of sp³-hybridized carbons (Fsp3) is 0.0870. The summed E-state index contributed by atoms with van der Waals surface area (Å²) in [7, 11) is 0. The summed E-state index contributed by atoms with van der Waals surface area (Å²) in [4.78, 5) is 25.2. The number of hydrogen-bond donors (Lipinski definition) is 3. The predicted octanol–water partition coefficient (Wildman–Crippen LogP) is 5.88. The van der Waals surface area contributed by atoms with Gasteiger partial charge in [0, 0.05) is 26.4 Å². The van der Waals surface area contributed by atoms with Gasteiger partial charge in [0.25, 0.3) is 11.8 Å². The van der Waals surface area contributed by atoms with Crippen molar-refractivity contribution in [3.05, 3.63) is 87.4 Å². The third-order valence-electron chi connectivity index (χ3n) is 4.18. The van der Waals surface area contributed by atoms with Crippen LogP contribution in [0, 0.1) is 0 Å². The molecule has 0 radical (unpaired) electrons. The van der Waals surface area contributed by atoms with Gasteiger partial charge in [-0.15, -0.1) is 0 Å². The summed E-state index contributed by atoms with van der Waals surface area (Å²) in [6.07, 6.45) is 0. The summed E-state index contributed by atoms with van der Waals surface area (Å²) in [5, 5.41) is 8.95. The first-order chi connectivity index (χ1) is 15.4. The summed E-state index contributed by atoms with van der Waals surface area (Å²) in [5.41, 5.74) is 1.89. The van der Waals surface area contributed by atoms with Crippen molar-refractivity contribution in [3.8, 4) is 5.75 Å². The summed E-state index contributed by atoms with van der Waals surface area (Å²) in [5.74, 6) is -0.265. The molecule has 0 saturated heterocycles. The number of ether oxygens (including phenoxy) is 1. The Hall–Kier alpha value is -2.94. The van der Waals surface area contributed by atoms with Gasteiger partial charge in [0.2, 0.25) is 0 Å². The maximum atomic E-state index is 12.7. The molecule has 0 unspecified atom stereocenters. The maximum absolute atomic E-state index is 12.7. The van der Waals surface area contributed by atoms with E-state index < -0.39 is 5.91 Å². The van der Waals surface area contributed by atoms with Gasteiger partial charge in [0.1, 0.15) is 5.75 Å². The highest BCUT2D eigenvalue weighted by Gasteiger charge is 2.15. The average Bonchev–Trinajstić information content (AvgIpc) is 2.75. The van der Waals surface area contributed by atoms with Gasteiger partial charge in [-0.2, -0.15) is 0 Å². The van der Waals surface area contributed by atoms with E-state index in [4.69, 9.17) is 28.6 Å². The lowest BCUT2D eigenvalue weighted by Crippen LogP contribution is -2.34. The average molecular weight is 533 g/mol. The first-order valence-corrected chi connectivity index (χ1v) is 11.2. The summed E-state index contributed by atoms with van der Waals surface area (Å²) < 4.78 is 6.25. The van der Waals surface area contributed by atoms with Gasteiger partial charge in [0.15, 0.2) is 5.11 Å². The number of thiocarbonyl (C=S) groups is 1. The Morgan fingerprint density at radius 2 is 1.69 bits per heavy atom. The van der Waals surface area contributed by atoms with Gasteiger partial charge in [-0.25, -0.2) is 0 Å². The van der Waals surface area contributed by atoms with E-state index in [9.17, 15) is 9.59 Å². The Kier molecular flexibility index (Phi) is 8.21. The highest BCUT2D eigenvalue weighted by molar-refractivity contribution is 9.10. The number of benzene rings is 3. The standard InChI is InChI=1S/C23H19BrClN3O3S/c1-2-31-20-10-9-15(24)12-19(20)22(30)28-23(32)27-17-7-3-5-14(11-17)21(29)26-18-8-4-6-16(25)13-18/h3-13H,2H2,1H3,(H,26,29)(H2,27,28,30,32). The van der Waals surface area contributed by atoms with Gasteiger partial charge in [-0.1, -0.05) is 39.7 Å². The second-order valence-corrected chi connectivity index (χ2v) is 8.29. The fourth-order valence-electron chi connectivity index (χ4n) is 2.80. The number of anilines is 2. The van der Waals surface area contributed by atoms with E-state index in [1.54, 1.807) is 66.7 Å². The molecular formula is C23H19BrClN3O3S. The van der Waals surface area contributed by atoms with Crippen molar-refractivity contribution in [2.45, 2.75) is 6.92 Å². The molecule has 3 aromatic carbocycles. The Morgan fingerprint density at radius 1 is 0.969 bits per heavy atom. The van der Waals surface area contributed by atoms with Crippen LogP contribution in [0.4, 0.5) is 11.4 Å². The molecule has 0 aliphatic rings. The van der Waals surface area contributed by atoms with Crippen molar-refractivity contribution < 1.29 is 14.3 Å². The van der Waals surface area contributed by atoms with E-state index in [1.165, 1.54) is 0 Å². The molecule has 0 atom stereocenters. The first-order valence-electron chi connectivity index (χ1n) is 9.57. The van der Waals surface area contributed by atoms with Gasteiger partial charge in [-0.3, -0.25) is 14.9 Å². The Morgan fingerprint density at radius 3 is 2.41 bits per heavy atom. The molecule has 0 heterocycles. The molecule has 0 bridgehead atoms. The number of amides is 2. The van der Waals surface area contributed by atoms with Crippen molar-refractivity contribution in [1.82, 2.24) is 5.32 Å². The van der Waals surface area contributed by atoms with Crippen LogP contribution < -0.4 is 20.7 Å². The lowest BCUT2D eigenvalue weighted by atomic mass is 10.2. The molecule has 32 heavy (non-hydrogen) atoms. The Balaban J connectivity index is 1.66. The van der Waals surface area contributed by atoms with Crippen LogP contribution in [0.2, 0.25) is 5.02 Å². The second kappa shape index (κ2) is 11.1. The number of nitrogens with one attached hydrogen (secondary N) is 3. The molecule has 3 aromatic rings. The monoisotopic (exact) mass is 531 g/mol. The minimum absolute atomic E-state index is 0.0878. The number of carbonyl (C=O) groups is 2. The van der Waals surface area contributed by atoms with Crippen molar-refractivity contribution >= 4 is 68.1 Å². The third-order valence-corrected chi connectivity index (χ3v) is 5.11. The van der Waals surface area contributed by atoms with Crippen LogP contribution in [-0.2, 0) is 0 Å². The van der Waals surface area contributed by atoms with E-state index in [2.05, 4.69) is 31.9 Å². The molecule has 0 aliphatic heterocycles. The largest absolute Gasteiger partial charge is 0.493 e. The highest BCUT2D eigenvalue weighted by Crippen LogP contribution is 2.23. The highest BCUT2D eigenvalue weighted by atomic mass is 79.9. The summed E-state index contributed by atoms with van der Waals surface area (Å²) in [6, 6.07) is 18.8. The van der Waals surface area contributed by atoms with E-state index in [-0.39, 0.29) is 11.0 Å². The predicted molar refractivity (Wildman–Crippen MR) is 135 cm³/mol. The van der Waals surface area contributed by atoms with E-state index in [0.29, 0.717) is 39.9 Å². The Labute approximate surface area is 204 Å². The zero-order valence-corrected chi connectivity index (χ0v) is 20.1. The van der Waals surface area contributed by atoms with E-state index in [0.717, 1.165) is 4.47 Å². The molecule has 6 nitrogen and oxygen atoms in total. The smallest absolute Gasteiger partial charge is 0.261 e. The minimum atomic E-state index is -0.415. The molecule has 0 aromatic heterocycles. The molecule has 9 heteroatoms. The van der Waals surface area contributed by atoms with Crippen LogP contribution in [-0.4, -0.2) is 23.5 Å². The molecule has 0 saturated carbocycles. The number of rotatable bonds is 6. The number of halogens is 2. The summed E-state index contributed by atoms with van der Waals surface area (Å²) in [6.45, 7) is 2.26. The van der Waals surface area contributed by atoms with Crippen LogP contribution in [0.15, 0.2) is 71.2 Å². The van der Waals surface area contributed by atoms with Crippen molar-refractivity contribution in [2.75, 3.05) is 17.2 Å². The molecule has 0 fully saturated rings. The topological polar surface area (TPSA) is 79.5 Å². The van der Waals surface area contributed by atoms with Gasteiger partial charge < -0.3 is 15.4 Å². The van der Waals surface area contributed by atoms with E-state index >= 15 is 0 Å². The number of carbonyl (C=O) groups excluding carboxylic acids is 2. The van der Waals surface area contributed by atoms with Crippen LogP contribution in [0.5, 0.6) is 5.75 Å². The van der Waals surface area contributed by atoms with Crippen LogP contribution in [0.25, 0.3) is 0 Å².